The highest BCUT2D eigenvalue weighted by atomic mass is 16.7. The van der Waals surface area contributed by atoms with Crippen molar-refractivity contribution in [3.8, 4) is 0 Å². The van der Waals surface area contributed by atoms with Crippen LogP contribution in [0, 0.1) is 17.3 Å². The first-order chi connectivity index (χ1) is 12.0. The zero-order valence-electron chi connectivity index (χ0n) is 16.6. The Labute approximate surface area is 154 Å². The van der Waals surface area contributed by atoms with Crippen molar-refractivity contribution in [3.05, 3.63) is 11.1 Å². The van der Waals surface area contributed by atoms with Crippen LogP contribution in [0.2, 0.25) is 0 Å². The van der Waals surface area contributed by atoms with Crippen LogP contribution >= 0.6 is 0 Å². The van der Waals surface area contributed by atoms with Gasteiger partial charge in [0.15, 0.2) is 6.29 Å². The molecule has 0 bridgehead atoms. The van der Waals surface area contributed by atoms with Crippen LogP contribution in [0.1, 0.15) is 72.1 Å². The Bertz CT molecular complexity index is 506. The maximum absolute atomic E-state index is 6.46. The molecule has 0 radical (unpaired) electrons. The van der Waals surface area contributed by atoms with Gasteiger partial charge >= 0.3 is 0 Å². The topological polar surface area (TPSA) is 22.9 Å². The van der Waals surface area contributed by atoms with Crippen LogP contribution in [-0.2, 0) is 9.47 Å². The molecule has 2 aliphatic heterocycles. The molecule has 0 spiro atoms. The molecule has 0 saturated carbocycles. The summed E-state index contributed by atoms with van der Waals surface area (Å²) in [5.41, 5.74) is 3.91. The summed E-state index contributed by atoms with van der Waals surface area (Å²) in [6.45, 7) is 11.9. The average Bonchev–Trinajstić information content (AvgIpc) is 3.03. The van der Waals surface area contributed by atoms with Gasteiger partial charge in [-0.1, -0.05) is 31.9 Å². The third-order valence-corrected chi connectivity index (χ3v) is 7.46. The lowest BCUT2D eigenvalue weighted by Gasteiger charge is -2.44. The highest BCUT2D eigenvalue weighted by Gasteiger charge is 2.43. The molecule has 2 heterocycles. The van der Waals surface area contributed by atoms with Crippen LogP contribution in [-0.4, -0.2) is 38.6 Å². The fourth-order valence-electron chi connectivity index (χ4n) is 5.89. The van der Waals surface area contributed by atoms with Gasteiger partial charge in [0.1, 0.15) is 12.6 Å². The predicted octanol–water partition coefficient (Wildman–Crippen LogP) is 3.35. The number of rotatable bonds is 3. The lowest BCUT2D eigenvalue weighted by molar-refractivity contribution is -0.907. The van der Waals surface area contributed by atoms with Gasteiger partial charge < -0.3 is 14.4 Å². The van der Waals surface area contributed by atoms with Crippen molar-refractivity contribution < 1.29 is 14.4 Å². The van der Waals surface area contributed by atoms with Crippen molar-refractivity contribution >= 4 is 0 Å². The summed E-state index contributed by atoms with van der Waals surface area (Å²) in [4.78, 5) is 1.73. The van der Waals surface area contributed by atoms with E-state index >= 15 is 0 Å². The van der Waals surface area contributed by atoms with E-state index in [1.54, 1.807) is 16.0 Å². The van der Waals surface area contributed by atoms with E-state index in [0.29, 0.717) is 23.4 Å². The first-order valence-electron chi connectivity index (χ1n) is 10.8. The molecule has 0 amide bonds. The Balaban J connectivity index is 1.38. The molecule has 25 heavy (non-hydrogen) atoms. The second-order valence-corrected chi connectivity index (χ2v) is 9.84. The number of hydrogen-bond donors (Lipinski definition) is 1. The fraction of sp³-hybridized carbons (Fsp3) is 0.909. The number of hydrogen-bond acceptors (Lipinski definition) is 2. The smallest absolute Gasteiger partial charge is 0.161 e. The molecule has 0 unspecified atom stereocenters. The van der Waals surface area contributed by atoms with E-state index in [1.807, 2.05) is 0 Å². The molecule has 0 aromatic heterocycles. The second-order valence-electron chi connectivity index (χ2n) is 9.84. The van der Waals surface area contributed by atoms with Crippen LogP contribution in [0.3, 0.4) is 0 Å². The summed E-state index contributed by atoms with van der Waals surface area (Å²) in [5, 5.41) is 0. The number of ether oxygens (including phenoxy) is 2. The van der Waals surface area contributed by atoms with E-state index in [2.05, 4.69) is 20.8 Å². The number of allylic oxidation sites excluding steroid dienone is 2. The molecule has 2 saturated heterocycles. The van der Waals surface area contributed by atoms with Gasteiger partial charge in [-0.05, 0) is 62.7 Å². The number of quaternary nitrogens is 1. The highest BCUT2D eigenvalue weighted by Crippen LogP contribution is 2.50. The van der Waals surface area contributed by atoms with Gasteiger partial charge in [-0.3, -0.25) is 0 Å². The number of piperidine rings is 1. The minimum Gasteiger partial charge on any atom is -0.349 e. The highest BCUT2D eigenvalue weighted by molar-refractivity contribution is 5.27. The van der Waals surface area contributed by atoms with Crippen molar-refractivity contribution in [3.63, 3.8) is 0 Å². The Morgan fingerprint density at radius 1 is 1.08 bits per heavy atom. The van der Waals surface area contributed by atoms with Gasteiger partial charge in [-0.2, -0.15) is 0 Å². The maximum Gasteiger partial charge on any atom is 0.161 e. The SMILES string of the molecule is C[C@H]1CC2=C(C[C@@H]1[C@@H]1OC[C@H](C[NH+]3CCCCC3)O1)C(C)(C)CCC2. The minimum atomic E-state index is 0.0379. The molecule has 2 fully saturated rings. The van der Waals surface area contributed by atoms with Gasteiger partial charge in [0.2, 0.25) is 0 Å². The van der Waals surface area contributed by atoms with Crippen molar-refractivity contribution in [2.24, 2.45) is 17.3 Å². The standard InChI is InChI=1S/C22H37NO2/c1-16-12-17-8-7-9-22(2,3)20(17)13-19(16)21-24-15-18(25-21)14-23-10-5-4-6-11-23/h16,18-19,21H,4-15H2,1-3H3/p+1/t16-,18-,19-,21+/m0/s1. The Hall–Kier alpha value is -0.380. The molecule has 4 rings (SSSR count). The Kier molecular flexibility index (Phi) is 5.28. The van der Waals surface area contributed by atoms with E-state index in [-0.39, 0.29) is 6.29 Å². The average molecular weight is 349 g/mol. The molecule has 142 valence electrons. The maximum atomic E-state index is 6.46. The molecular formula is C22H38NO2+. The Morgan fingerprint density at radius 2 is 1.88 bits per heavy atom. The lowest BCUT2D eigenvalue weighted by Crippen LogP contribution is -3.13. The van der Waals surface area contributed by atoms with Crippen molar-refractivity contribution in [1.29, 1.82) is 0 Å². The zero-order valence-corrected chi connectivity index (χ0v) is 16.6. The molecular weight excluding hydrogens is 310 g/mol. The van der Waals surface area contributed by atoms with E-state index in [0.717, 1.165) is 13.2 Å². The van der Waals surface area contributed by atoms with Crippen molar-refractivity contribution in [1.82, 2.24) is 0 Å². The van der Waals surface area contributed by atoms with E-state index in [4.69, 9.17) is 9.47 Å². The molecule has 1 N–H and O–H groups in total. The quantitative estimate of drug-likeness (QED) is 0.791. The molecule has 2 aliphatic carbocycles. The molecule has 4 atom stereocenters. The van der Waals surface area contributed by atoms with E-state index in [9.17, 15) is 0 Å². The van der Waals surface area contributed by atoms with E-state index in [1.165, 1.54) is 64.5 Å². The first kappa shape index (κ1) is 18.0. The summed E-state index contributed by atoms with van der Waals surface area (Å²) in [6, 6.07) is 0. The van der Waals surface area contributed by atoms with Crippen LogP contribution in [0.5, 0.6) is 0 Å². The van der Waals surface area contributed by atoms with Crippen molar-refractivity contribution in [2.45, 2.75) is 84.5 Å². The lowest BCUT2D eigenvalue weighted by atomic mass is 9.63. The molecule has 0 aromatic carbocycles. The largest absolute Gasteiger partial charge is 0.349 e. The van der Waals surface area contributed by atoms with E-state index < -0.39 is 0 Å². The summed E-state index contributed by atoms with van der Waals surface area (Å²) in [6.07, 6.45) is 11.1. The van der Waals surface area contributed by atoms with Crippen LogP contribution < -0.4 is 4.90 Å². The first-order valence-corrected chi connectivity index (χ1v) is 10.8. The summed E-state index contributed by atoms with van der Waals surface area (Å²) in [5.74, 6) is 1.25. The third kappa shape index (κ3) is 3.84. The predicted molar refractivity (Wildman–Crippen MR) is 101 cm³/mol. The summed E-state index contributed by atoms with van der Waals surface area (Å²) >= 11 is 0. The minimum absolute atomic E-state index is 0.0379. The molecule has 0 aromatic rings. The van der Waals surface area contributed by atoms with Crippen molar-refractivity contribution in [2.75, 3.05) is 26.2 Å². The fourth-order valence-corrected chi connectivity index (χ4v) is 5.89. The van der Waals surface area contributed by atoms with Gasteiger partial charge in [0, 0.05) is 5.92 Å². The number of nitrogens with one attached hydrogen (secondary N) is 1. The van der Waals surface area contributed by atoms with Crippen LogP contribution in [0.15, 0.2) is 11.1 Å². The molecule has 4 aliphatic rings. The van der Waals surface area contributed by atoms with Crippen LogP contribution in [0.25, 0.3) is 0 Å². The summed E-state index contributed by atoms with van der Waals surface area (Å²) in [7, 11) is 0. The summed E-state index contributed by atoms with van der Waals surface area (Å²) < 4.78 is 12.7. The molecule has 3 nitrogen and oxygen atoms in total. The van der Waals surface area contributed by atoms with Gasteiger partial charge in [0.25, 0.3) is 0 Å². The zero-order chi connectivity index (χ0) is 17.4. The van der Waals surface area contributed by atoms with Crippen LogP contribution in [0.4, 0.5) is 0 Å². The number of likely N-dealkylation sites (tertiary alicyclic amines) is 1. The van der Waals surface area contributed by atoms with Gasteiger partial charge in [-0.25, -0.2) is 0 Å². The molecule has 3 heteroatoms. The monoisotopic (exact) mass is 348 g/mol. The Morgan fingerprint density at radius 3 is 2.68 bits per heavy atom. The normalized spacial score (nSPS) is 39.5. The third-order valence-electron chi connectivity index (χ3n) is 7.46. The van der Waals surface area contributed by atoms with Gasteiger partial charge in [0.05, 0.1) is 19.7 Å². The second kappa shape index (κ2) is 7.32. The van der Waals surface area contributed by atoms with Gasteiger partial charge in [-0.15, -0.1) is 0 Å².